The molecule has 0 aromatic heterocycles. The number of amides is 2. The summed E-state index contributed by atoms with van der Waals surface area (Å²) in [5.41, 5.74) is 2.04. The molecule has 166 valence electrons. The molecular weight excluding hydrogens is 414 g/mol. The normalized spacial score (nSPS) is 17.2. The van der Waals surface area contributed by atoms with Gasteiger partial charge < -0.3 is 10.6 Å². The van der Waals surface area contributed by atoms with Gasteiger partial charge in [-0.25, -0.2) is 8.42 Å². The van der Waals surface area contributed by atoms with Crippen molar-refractivity contribution in [3.05, 3.63) is 59.7 Å². The lowest BCUT2D eigenvalue weighted by atomic mass is 10.1. The average molecular weight is 444 g/mol. The van der Waals surface area contributed by atoms with E-state index in [1.807, 2.05) is 38.1 Å². The highest BCUT2D eigenvalue weighted by molar-refractivity contribution is 7.89. The Morgan fingerprint density at radius 2 is 1.77 bits per heavy atom. The summed E-state index contributed by atoms with van der Waals surface area (Å²) in [6, 6.07) is 13.3. The number of para-hydroxylation sites is 1. The topological polar surface area (TPSA) is 95.6 Å². The van der Waals surface area contributed by atoms with Gasteiger partial charge in [-0.1, -0.05) is 31.5 Å². The van der Waals surface area contributed by atoms with Gasteiger partial charge in [0.15, 0.2) is 0 Å². The molecule has 7 nitrogen and oxygen atoms in total. The maximum absolute atomic E-state index is 12.9. The zero-order valence-electron chi connectivity index (χ0n) is 17.9. The largest absolute Gasteiger partial charge is 0.343 e. The molecule has 2 N–H and O–H groups in total. The van der Waals surface area contributed by atoms with Crippen molar-refractivity contribution in [2.24, 2.45) is 0 Å². The number of piperidine rings is 1. The van der Waals surface area contributed by atoms with Gasteiger partial charge in [-0.05, 0) is 62.1 Å². The quantitative estimate of drug-likeness (QED) is 0.687. The fourth-order valence-electron chi connectivity index (χ4n) is 3.75. The molecule has 1 aliphatic heterocycles. The molecule has 2 aromatic rings. The Kier molecular flexibility index (Phi) is 7.46. The molecule has 1 heterocycles. The maximum Gasteiger partial charge on any atom is 0.251 e. The summed E-state index contributed by atoms with van der Waals surface area (Å²) in [5.74, 6) is -0.762. The lowest BCUT2D eigenvalue weighted by Crippen LogP contribution is -2.41. The SMILES string of the molecule is CCc1ccccc1NC(=O)CNC(=O)c1ccc(S(=O)(=O)N2CCCCC2C)cc1. The number of rotatable bonds is 7. The van der Waals surface area contributed by atoms with Crippen molar-refractivity contribution in [1.29, 1.82) is 0 Å². The van der Waals surface area contributed by atoms with Crippen LogP contribution in [0.3, 0.4) is 0 Å². The van der Waals surface area contributed by atoms with Crippen LogP contribution in [0.2, 0.25) is 0 Å². The van der Waals surface area contributed by atoms with Gasteiger partial charge in [-0.3, -0.25) is 9.59 Å². The Balaban J connectivity index is 1.59. The van der Waals surface area contributed by atoms with E-state index < -0.39 is 15.9 Å². The molecule has 0 spiro atoms. The Morgan fingerprint density at radius 1 is 1.06 bits per heavy atom. The number of carbonyl (C=O) groups is 2. The van der Waals surface area contributed by atoms with Crippen molar-refractivity contribution < 1.29 is 18.0 Å². The Hall–Kier alpha value is -2.71. The Labute approximate surface area is 183 Å². The molecule has 3 rings (SSSR count). The molecule has 0 aliphatic carbocycles. The number of nitrogens with one attached hydrogen (secondary N) is 2. The van der Waals surface area contributed by atoms with Crippen molar-refractivity contribution in [3.8, 4) is 0 Å². The summed E-state index contributed by atoms with van der Waals surface area (Å²) in [6.07, 6.45) is 3.53. The first-order valence-electron chi connectivity index (χ1n) is 10.6. The number of carbonyl (C=O) groups excluding carboxylic acids is 2. The van der Waals surface area contributed by atoms with E-state index in [1.54, 1.807) is 0 Å². The zero-order chi connectivity index (χ0) is 22.4. The maximum atomic E-state index is 12.9. The van der Waals surface area contributed by atoms with Crippen LogP contribution in [0.5, 0.6) is 0 Å². The summed E-state index contributed by atoms with van der Waals surface area (Å²) >= 11 is 0. The summed E-state index contributed by atoms with van der Waals surface area (Å²) < 4.78 is 27.3. The first-order chi connectivity index (χ1) is 14.8. The Bertz CT molecular complexity index is 1040. The molecule has 0 saturated carbocycles. The number of nitrogens with zero attached hydrogens (tertiary/aromatic N) is 1. The van der Waals surface area contributed by atoms with Crippen molar-refractivity contribution in [1.82, 2.24) is 9.62 Å². The van der Waals surface area contributed by atoms with Gasteiger partial charge in [0.1, 0.15) is 0 Å². The fraction of sp³-hybridized carbons (Fsp3) is 0.391. The molecule has 1 aliphatic rings. The molecule has 31 heavy (non-hydrogen) atoms. The van der Waals surface area contributed by atoms with Crippen LogP contribution in [0, 0.1) is 0 Å². The van der Waals surface area contributed by atoms with Crippen LogP contribution in [-0.4, -0.2) is 43.7 Å². The van der Waals surface area contributed by atoms with Crippen LogP contribution in [0.1, 0.15) is 49.0 Å². The molecule has 1 unspecified atom stereocenters. The van der Waals surface area contributed by atoms with Gasteiger partial charge in [0.05, 0.1) is 11.4 Å². The highest BCUT2D eigenvalue weighted by Gasteiger charge is 2.30. The van der Waals surface area contributed by atoms with E-state index in [4.69, 9.17) is 0 Å². The molecule has 2 amide bonds. The van der Waals surface area contributed by atoms with E-state index in [-0.39, 0.29) is 23.4 Å². The Morgan fingerprint density at radius 3 is 2.45 bits per heavy atom. The monoisotopic (exact) mass is 443 g/mol. The summed E-state index contributed by atoms with van der Waals surface area (Å²) in [4.78, 5) is 24.8. The second kappa shape index (κ2) is 10.1. The van der Waals surface area contributed by atoms with E-state index in [2.05, 4.69) is 10.6 Å². The summed E-state index contributed by atoms with van der Waals surface area (Å²) in [7, 11) is -3.58. The van der Waals surface area contributed by atoms with E-state index in [1.165, 1.54) is 28.6 Å². The molecule has 8 heteroatoms. The van der Waals surface area contributed by atoms with Crippen LogP contribution in [0.15, 0.2) is 53.4 Å². The second-order valence-electron chi connectivity index (χ2n) is 7.73. The van der Waals surface area contributed by atoms with E-state index in [9.17, 15) is 18.0 Å². The van der Waals surface area contributed by atoms with Gasteiger partial charge in [0, 0.05) is 23.8 Å². The van der Waals surface area contributed by atoms with E-state index in [0.717, 1.165) is 36.9 Å². The van der Waals surface area contributed by atoms with Crippen LogP contribution in [0.4, 0.5) is 5.69 Å². The predicted octanol–water partition coefficient (Wildman–Crippen LogP) is 3.18. The molecular formula is C23H29N3O4S. The minimum absolute atomic E-state index is 0.0296. The van der Waals surface area contributed by atoms with Gasteiger partial charge in [0.25, 0.3) is 5.91 Å². The minimum atomic E-state index is -3.58. The highest BCUT2D eigenvalue weighted by atomic mass is 32.2. The average Bonchev–Trinajstić information content (AvgIpc) is 2.78. The highest BCUT2D eigenvalue weighted by Crippen LogP contribution is 2.25. The van der Waals surface area contributed by atoms with Crippen LogP contribution in [-0.2, 0) is 21.2 Å². The lowest BCUT2D eigenvalue weighted by molar-refractivity contribution is -0.115. The lowest BCUT2D eigenvalue weighted by Gasteiger charge is -2.32. The molecule has 1 atom stereocenters. The third-order valence-corrected chi connectivity index (χ3v) is 7.57. The summed E-state index contributed by atoms with van der Waals surface area (Å²) in [6.45, 7) is 4.26. The number of aryl methyl sites for hydroxylation is 1. The van der Waals surface area contributed by atoms with Gasteiger partial charge in [-0.15, -0.1) is 0 Å². The number of hydrogen-bond donors (Lipinski definition) is 2. The minimum Gasteiger partial charge on any atom is -0.343 e. The number of anilines is 1. The molecule has 0 radical (unpaired) electrons. The second-order valence-corrected chi connectivity index (χ2v) is 9.62. The summed E-state index contributed by atoms with van der Waals surface area (Å²) in [5, 5.41) is 5.37. The van der Waals surface area contributed by atoms with Crippen LogP contribution in [0.25, 0.3) is 0 Å². The number of hydrogen-bond acceptors (Lipinski definition) is 4. The van der Waals surface area contributed by atoms with Crippen molar-refractivity contribution >= 4 is 27.5 Å². The van der Waals surface area contributed by atoms with Gasteiger partial charge >= 0.3 is 0 Å². The first kappa shape index (κ1) is 23.0. The molecule has 1 saturated heterocycles. The first-order valence-corrected chi connectivity index (χ1v) is 12.0. The zero-order valence-corrected chi connectivity index (χ0v) is 18.7. The van der Waals surface area contributed by atoms with Crippen molar-refractivity contribution in [3.63, 3.8) is 0 Å². The third-order valence-electron chi connectivity index (χ3n) is 5.55. The smallest absolute Gasteiger partial charge is 0.251 e. The van der Waals surface area contributed by atoms with E-state index >= 15 is 0 Å². The molecule has 1 fully saturated rings. The predicted molar refractivity (Wildman–Crippen MR) is 120 cm³/mol. The van der Waals surface area contributed by atoms with Gasteiger partial charge in [0.2, 0.25) is 15.9 Å². The third kappa shape index (κ3) is 5.51. The van der Waals surface area contributed by atoms with Crippen molar-refractivity contribution in [2.45, 2.75) is 50.5 Å². The number of sulfonamides is 1. The van der Waals surface area contributed by atoms with Crippen molar-refractivity contribution in [2.75, 3.05) is 18.4 Å². The van der Waals surface area contributed by atoms with Gasteiger partial charge in [-0.2, -0.15) is 4.31 Å². The molecule has 0 bridgehead atoms. The standard InChI is InChI=1S/C23H29N3O4S/c1-3-18-9-4-5-10-21(18)25-22(27)16-24-23(28)19-11-13-20(14-12-19)31(29,30)26-15-7-6-8-17(26)2/h4-5,9-14,17H,3,6-8,15-16H2,1-2H3,(H,24,28)(H,25,27). The van der Waals surface area contributed by atoms with Crippen LogP contribution >= 0.6 is 0 Å². The molecule has 2 aromatic carbocycles. The fourth-order valence-corrected chi connectivity index (χ4v) is 5.45. The van der Waals surface area contributed by atoms with Crippen LogP contribution < -0.4 is 10.6 Å². The number of benzene rings is 2. The van der Waals surface area contributed by atoms with E-state index in [0.29, 0.717) is 12.1 Å².